The van der Waals surface area contributed by atoms with Crippen molar-refractivity contribution in [2.45, 2.75) is 25.8 Å². The van der Waals surface area contributed by atoms with Crippen LogP contribution in [0.1, 0.15) is 19.8 Å². The first-order chi connectivity index (χ1) is 6.88. The summed E-state index contributed by atoms with van der Waals surface area (Å²) in [5, 5.41) is 11.0. The number of rotatable bonds is 5. The Hall–Kier alpha value is -1.59. The number of hydrogen-bond donors (Lipinski definition) is 2. The van der Waals surface area contributed by atoms with E-state index in [9.17, 15) is 14.4 Å². The van der Waals surface area contributed by atoms with Gasteiger partial charge in [0.05, 0.1) is 0 Å². The lowest BCUT2D eigenvalue weighted by molar-refractivity contribution is -0.141. The molecule has 0 aliphatic carbocycles. The first kappa shape index (κ1) is 13.4. The van der Waals surface area contributed by atoms with E-state index in [0.717, 1.165) is 0 Å². The SMILES string of the molecule is CCC(=O)CC(NC(=O)N(C)C)C(=O)O. The summed E-state index contributed by atoms with van der Waals surface area (Å²) in [5.74, 6) is -1.39. The van der Waals surface area contributed by atoms with Gasteiger partial charge in [0.15, 0.2) is 0 Å². The number of aliphatic carboxylic acids is 1. The smallest absolute Gasteiger partial charge is 0.326 e. The van der Waals surface area contributed by atoms with Gasteiger partial charge >= 0.3 is 12.0 Å². The monoisotopic (exact) mass is 216 g/mol. The summed E-state index contributed by atoms with van der Waals surface area (Å²) in [6.45, 7) is 1.65. The minimum atomic E-state index is -1.20. The van der Waals surface area contributed by atoms with E-state index < -0.39 is 18.0 Å². The van der Waals surface area contributed by atoms with Gasteiger partial charge in [-0.3, -0.25) is 4.79 Å². The van der Waals surface area contributed by atoms with Gasteiger partial charge < -0.3 is 15.3 Å². The maximum absolute atomic E-state index is 11.2. The highest BCUT2D eigenvalue weighted by molar-refractivity contribution is 5.88. The van der Waals surface area contributed by atoms with Crippen molar-refractivity contribution in [2.24, 2.45) is 0 Å². The number of Topliss-reactive ketones (excluding diaryl/α,β-unsaturated/α-hetero) is 1. The molecular formula is C9H16N2O4. The van der Waals surface area contributed by atoms with Gasteiger partial charge in [0.2, 0.25) is 0 Å². The van der Waals surface area contributed by atoms with Crippen LogP contribution in [0.4, 0.5) is 4.79 Å². The van der Waals surface area contributed by atoms with Crippen LogP contribution in [0.25, 0.3) is 0 Å². The van der Waals surface area contributed by atoms with E-state index in [0.29, 0.717) is 0 Å². The third kappa shape index (κ3) is 4.99. The molecule has 2 N–H and O–H groups in total. The third-order valence-electron chi connectivity index (χ3n) is 1.83. The molecular weight excluding hydrogens is 200 g/mol. The van der Waals surface area contributed by atoms with Gasteiger partial charge in [0, 0.05) is 26.9 Å². The molecule has 0 aliphatic heterocycles. The summed E-state index contributed by atoms with van der Waals surface area (Å²) in [6, 6.07) is -1.67. The Kier molecular flexibility index (Phi) is 5.36. The van der Waals surface area contributed by atoms with Crippen molar-refractivity contribution >= 4 is 17.8 Å². The van der Waals surface area contributed by atoms with Crippen molar-refractivity contribution in [2.75, 3.05) is 14.1 Å². The highest BCUT2D eigenvalue weighted by Gasteiger charge is 2.22. The Balaban J connectivity index is 4.35. The van der Waals surface area contributed by atoms with Gasteiger partial charge in [-0.2, -0.15) is 0 Å². The lowest BCUT2D eigenvalue weighted by atomic mass is 10.1. The first-order valence-electron chi connectivity index (χ1n) is 4.60. The fourth-order valence-electron chi connectivity index (χ4n) is 0.850. The van der Waals surface area contributed by atoms with Crippen molar-refractivity contribution in [3.8, 4) is 0 Å². The van der Waals surface area contributed by atoms with E-state index in [-0.39, 0.29) is 18.6 Å². The number of carbonyl (C=O) groups is 3. The average Bonchev–Trinajstić information content (AvgIpc) is 2.15. The molecule has 0 aromatic heterocycles. The Morgan fingerprint density at radius 2 is 1.87 bits per heavy atom. The molecule has 0 aromatic rings. The predicted octanol–water partition coefficient (Wildman–Crippen LogP) is 0.0800. The largest absolute Gasteiger partial charge is 0.480 e. The third-order valence-corrected chi connectivity index (χ3v) is 1.83. The number of nitrogens with one attached hydrogen (secondary N) is 1. The molecule has 1 unspecified atom stereocenters. The van der Waals surface area contributed by atoms with Crippen molar-refractivity contribution < 1.29 is 19.5 Å². The standard InChI is InChI=1S/C9H16N2O4/c1-4-6(12)5-7(8(13)14)10-9(15)11(2)3/h7H,4-5H2,1-3H3,(H,10,15)(H,13,14). The van der Waals surface area contributed by atoms with Crippen LogP contribution < -0.4 is 5.32 Å². The molecule has 0 spiro atoms. The summed E-state index contributed by atoms with van der Waals surface area (Å²) in [7, 11) is 2.99. The molecule has 6 nitrogen and oxygen atoms in total. The maximum Gasteiger partial charge on any atom is 0.326 e. The summed E-state index contributed by atoms with van der Waals surface area (Å²) in [5.41, 5.74) is 0. The zero-order chi connectivity index (χ0) is 12.0. The highest BCUT2D eigenvalue weighted by Crippen LogP contribution is 1.98. The number of urea groups is 1. The number of amides is 2. The molecule has 0 fully saturated rings. The quantitative estimate of drug-likeness (QED) is 0.681. The van der Waals surface area contributed by atoms with E-state index in [2.05, 4.69) is 5.32 Å². The molecule has 1 atom stereocenters. The second-order valence-electron chi connectivity index (χ2n) is 3.33. The maximum atomic E-state index is 11.2. The molecule has 15 heavy (non-hydrogen) atoms. The number of carboxylic acids is 1. The van der Waals surface area contributed by atoms with Crippen LogP contribution in [0.3, 0.4) is 0 Å². The number of carbonyl (C=O) groups excluding carboxylic acids is 2. The van der Waals surface area contributed by atoms with Crippen LogP contribution in [0.15, 0.2) is 0 Å². The molecule has 0 rings (SSSR count). The van der Waals surface area contributed by atoms with Crippen LogP contribution >= 0.6 is 0 Å². The lowest BCUT2D eigenvalue weighted by Crippen LogP contribution is -2.46. The second kappa shape index (κ2) is 6.00. The van der Waals surface area contributed by atoms with E-state index in [4.69, 9.17) is 5.11 Å². The minimum Gasteiger partial charge on any atom is -0.480 e. The predicted molar refractivity (Wildman–Crippen MR) is 53.6 cm³/mol. The van der Waals surface area contributed by atoms with Gasteiger partial charge in [-0.25, -0.2) is 9.59 Å². The van der Waals surface area contributed by atoms with Gasteiger partial charge in [-0.15, -0.1) is 0 Å². The fraction of sp³-hybridized carbons (Fsp3) is 0.667. The number of ketones is 1. The van der Waals surface area contributed by atoms with Crippen molar-refractivity contribution in [1.82, 2.24) is 10.2 Å². The molecule has 0 saturated carbocycles. The number of hydrogen-bond acceptors (Lipinski definition) is 3. The van der Waals surface area contributed by atoms with Crippen LogP contribution in [0, 0.1) is 0 Å². The van der Waals surface area contributed by atoms with E-state index in [1.165, 1.54) is 19.0 Å². The summed E-state index contributed by atoms with van der Waals surface area (Å²) >= 11 is 0. The molecule has 0 bridgehead atoms. The minimum absolute atomic E-state index is 0.175. The van der Waals surface area contributed by atoms with Crippen molar-refractivity contribution in [3.63, 3.8) is 0 Å². The normalized spacial score (nSPS) is 11.7. The topological polar surface area (TPSA) is 86.7 Å². The first-order valence-corrected chi connectivity index (χ1v) is 4.60. The van der Waals surface area contributed by atoms with E-state index in [1.807, 2.05) is 0 Å². The Morgan fingerprint density at radius 1 is 1.33 bits per heavy atom. The van der Waals surface area contributed by atoms with Crippen LogP contribution in [0.2, 0.25) is 0 Å². The van der Waals surface area contributed by atoms with Crippen molar-refractivity contribution in [3.05, 3.63) is 0 Å². The molecule has 2 amide bonds. The van der Waals surface area contributed by atoms with E-state index >= 15 is 0 Å². The molecule has 0 saturated heterocycles. The summed E-state index contributed by atoms with van der Waals surface area (Å²) in [6.07, 6.45) is 0.0903. The molecule has 6 heteroatoms. The molecule has 86 valence electrons. The molecule has 0 radical (unpaired) electrons. The number of nitrogens with zero attached hydrogens (tertiary/aromatic N) is 1. The van der Waals surface area contributed by atoms with Crippen LogP contribution in [-0.2, 0) is 9.59 Å². The van der Waals surface area contributed by atoms with Crippen LogP contribution in [-0.4, -0.2) is 47.9 Å². The Bertz CT molecular complexity index is 263. The number of carboxylic acid groups (broad SMARTS) is 1. The van der Waals surface area contributed by atoms with Gasteiger partial charge in [-0.1, -0.05) is 6.92 Å². The van der Waals surface area contributed by atoms with Crippen molar-refractivity contribution in [1.29, 1.82) is 0 Å². The Morgan fingerprint density at radius 3 is 2.20 bits per heavy atom. The Labute approximate surface area is 88.2 Å². The zero-order valence-corrected chi connectivity index (χ0v) is 9.11. The average molecular weight is 216 g/mol. The fourth-order valence-corrected chi connectivity index (χ4v) is 0.850. The zero-order valence-electron chi connectivity index (χ0n) is 9.11. The van der Waals surface area contributed by atoms with Crippen LogP contribution in [0.5, 0.6) is 0 Å². The van der Waals surface area contributed by atoms with E-state index in [1.54, 1.807) is 6.92 Å². The molecule has 0 heterocycles. The van der Waals surface area contributed by atoms with Gasteiger partial charge in [-0.05, 0) is 0 Å². The lowest BCUT2D eigenvalue weighted by Gasteiger charge is -2.17. The summed E-state index contributed by atoms with van der Waals surface area (Å²) < 4.78 is 0. The molecule has 0 aliphatic rings. The molecule has 0 aromatic carbocycles. The highest BCUT2D eigenvalue weighted by atomic mass is 16.4. The second-order valence-corrected chi connectivity index (χ2v) is 3.33. The summed E-state index contributed by atoms with van der Waals surface area (Å²) in [4.78, 5) is 34.2. The van der Waals surface area contributed by atoms with Gasteiger partial charge in [0.25, 0.3) is 0 Å². The van der Waals surface area contributed by atoms with Gasteiger partial charge in [0.1, 0.15) is 11.8 Å².